The van der Waals surface area contributed by atoms with Crippen LogP contribution in [0.1, 0.15) is 96.2 Å². The van der Waals surface area contributed by atoms with E-state index >= 15 is 0 Å². The number of aromatic carboxylic acids is 1. The number of hydrogen-bond donors (Lipinski definition) is 3. The molecule has 2 aromatic rings. The van der Waals surface area contributed by atoms with Crippen LogP contribution in [-0.4, -0.2) is 141 Å². The van der Waals surface area contributed by atoms with Crippen LogP contribution in [0.2, 0.25) is 0 Å². The number of carboxylic acid groups (broad SMARTS) is 1. The number of amides is 4. The molecule has 342 valence electrons. The van der Waals surface area contributed by atoms with Gasteiger partial charge in [0, 0.05) is 50.1 Å². The summed E-state index contributed by atoms with van der Waals surface area (Å²) >= 11 is 0. The van der Waals surface area contributed by atoms with E-state index in [4.69, 9.17) is 9.47 Å². The number of halogens is 6. The Morgan fingerprint density at radius 3 is 2.14 bits per heavy atom. The molecule has 3 N–H and O–H groups in total. The third-order valence-electron chi connectivity index (χ3n) is 14.3. The number of likely N-dealkylation sites (tertiary alicyclic amines) is 3. The molecule has 9 rings (SSSR count). The van der Waals surface area contributed by atoms with E-state index < -0.39 is 93.8 Å². The van der Waals surface area contributed by atoms with Crippen LogP contribution >= 0.6 is 0 Å². The van der Waals surface area contributed by atoms with E-state index in [1.165, 1.54) is 15.9 Å². The fraction of sp³-hybridized carbons (Fsp3) is 0.643. The lowest BCUT2D eigenvalue weighted by atomic mass is 9.70. The van der Waals surface area contributed by atoms with E-state index in [1.807, 2.05) is 0 Å². The second-order valence-corrected chi connectivity index (χ2v) is 18.3. The third-order valence-corrected chi connectivity index (χ3v) is 14.3. The summed E-state index contributed by atoms with van der Waals surface area (Å²) in [5.74, 6) is -6.73. The quantitative estimate of drug-likeness (QED) is 0.271. The maximum Gasteiger partial charge on any atom is 0.417 e. The Kier molecular flexibility index (Phi) is 11.4. The van der Waals surface area contributed by atoms with Gasteiger partial charge in [0.15, 0.2) is 0 Å². The van der Waals surface area contributed by atoms with Crippen molar-refractivity contribution in [1.82, 2.24) is 30.0 Å². The van der Waals surface area contributed by atoms with Crippen LogP contribution < -0.4 is 5.32 Å². The first-order valence-corrected chi connectivity index (χ1v) is 21.1. The van der Waals surface area contributed by atoms with Gasteiger partial charge in [0.1, 0.15) is 17.2 Å². The number of aromatic nitrogens is 2. The number of carbonyl (C=O) groups is 5. The van der Waals surface area contributed by atoms with Gasteiger partial charge in [-0.3, -0.25) is 19.2 Å². The Bertz CT molecular complexity index is 2110. The lowest BCUT2D eigenvalue weighted by Crippen LogP contribution is -2.67. The van der Waals surface area contributed by atoms with Crippen molar-refractivity contribution in [2.45, 2.75) is 94.8 Å². The lowest BCUT2D eigenvalue weighted by molar-refractivity contribution is -0.205. The molecular formula is C42H48F6N6O9. The molecule has 15 nitrogen and oxygen atoms in total. The summed E-state index contributed by atoms with van der Waals surface area (Å²) in [5, 5.41) is 21.8. The predicted molar refractivity (Wildman–Crippen MR) is 205 cm³/mol. The number of rotatable bonds is 11. The smallest absolute Gasteiger partial charge is 0.417 e. The van der Waals surface area contributed by atoms with Gasteiger partial charge in [-0.15, -0.1) is 0 Å². The summed E-state index contributed by atoms with van der Waals surface area (Å²) in [5.41, 5.74) is -6.04. The first-order chi connectivity index (χ1) is 29.6. The van der Waals surface area contributed by atoms with Gasteiger partial charge in [-0.2, -0.15) is 26.3 Å². The number of aromatic hydroxyl groups is 1. The van der Waals surface area contributed by atoms with Crippen molar-refractivity contribution in [3.63, 3.8) is 0 Å². The van der Waals surface area contributed by atoms with E-state index in [-0.39, 0.29) is 94.3 Å². The van der Waals surface area contributed by atoms with Gasteiger partial charge < -0.3 is 39.7 Å². The molecule has 1 aromatic heterocycles. The van der Waals surface area contributed by atoms with Gasteiger partial charge in [0.05, 0.1) is 54.9 Å². The second-order valence-electron chi connectivity index (χ2n) is 18.3. The van der Waals surface area contributed by atoms with Gasteiger partial charge in [0.25, 0.3) is 5.91 Å². The molecule has 7 fully saturated rings. The van der Waals surface area contributed by atoms with Crippen LogP contribution in [0.3, 0.4) is 0 Å². The van der Waals surface area contributed by atoms with Gasteiger partial charge in [-0.1, -0.05) is 6.07 Å². The first kappa shape index (κ1) is 44.6. The van der Waals surface area contributed by atoms with E-state index in [0.717, 1.165) is 55.1 Å². The van der Waals surface area contributed by atoms with Crippen molar-refractivity contribution >= 4 is 29.6 Å². The van der Waals surface area contributed by atoms with Crippen LogP contribution in [0.15, 0.2) is 30.6 Å². The van der Waals surface area contributed by atoms with Crippen LogP contribution in [0.25, 0.3) is 0 Å². The topological polar surface area (TPSA) is 192 Å². The summed E-state index contributed by atoms with van der Waals surface area (Å²) in [6, 6.07) is 1.77. The van der Waals surface area contributed by atoms with Crippen molar-refractivity contribution in [3.05, 3.63) is 53.0 Å². The zero-order valence-electron chi connectivity index (χ0n) is 34.3. The summed E-state index contributed by atoms with van der Waals surface area (Å²) < 4.78 is 95.9. The molecule has 6 heterocycles. The average Bonchev–Trinajstić information content (AvgIpc) is 3.98. The molecule has 5 aliphatic heterocycles. The SMILES string of the molecule is C[C@@H](OCC12CCC(CC1)OC2)[C@H](NC(=O)C1CN(C(=O)c2cnc(O)cn2)CC12CN(C(=O)C1(C(F)(F)F)CC1)C2)C(=O)N1CCC(c2ccc(C(=O)O)c(C(F)(F)F)c2)CC1. The number of hydrogen-bond acceptors (Lipinski definition) is 10. The number of fused-ring (bicyclic) bond motifs is 3. The lowest BCUT2D eigenvalue weighted by Gasteiger charge is -2.51. The monoisotopic (exact) mass is 894 g/mol. The maximum atomic E-state index is 14.6. The molecule has 4 amide bonds. The Morgan fingerprint density at radius 2 is 1.59 bits per heavy atom. The van der Waals surface area contributed by atoms with E-state index in [9.17, 15) is 60.5 Å². The van der Waals surface area contributed by atoms with E-state index in [0.29, 0.717) is 6.61 Å². The number of alkyl halides is 6. The summed E-state index contributed by atoms with van der Waals surface area (Å²) in [7, 11) is 0. The Morgan fingerprint density at radius 1 is 0.921 bits per heavy atom. The van der Waals surface area contributed by atoms with Crippen LogP contribution in [-0.2, 0) is 30.0 Å². The molecule has 21 heteroatoms. The predicted octanol–water partition coefficient (Wildman–Crippen LogP) is 4.40. The maximum absolute atomic E-state index is 14.6. The molecule has 2 aliphatic carbocycles. The highest BCUT2D eigenvalue weighted by Crippen LogP contribution is 2.60. The van der Waals surface area contributed by atoms with Crippen molar-refractivity contribution in [2.75, 3.05) is 52.5 Å². The number of nitrogens with zero attached hydrogens (tertiary/aromatic N) is 5. The van der Waals surface area contributed by atoms with Crippen LogP contribution in [0, 0.1) is 22.2 Å². The molecule has 3 atom stereocenters. The molecule has 2 saturated carbocycles. The zero-order chi connectivity index (χ0) is 45.3. The van der Waals surface area contributed by atoms with E-state index in [1.54, 1.807) is 6.92 Å². The minimum atomic E-state index is -4.91. The van der Waals surface area contributed by atoms with Crippen molar-refractivity contribution in [1.29, 1.82) is 0 Å². The average molecular weight is 895 g/mol. The zero-order valence-corrected chi connectivity index (χ0v) is 34.3. The largest absolute Gasteiger partial charge is 0.492 e. The van der Waals surface area contributed by atoms with E-state index in [2.05, 4.69) is 15.3 Å². The minimum absolute atomic E-state index is 0.0745. The van der Waals surface area contributed by atoms with Gasteiger partial charge in [-0.25, -0.2) is 14.8 Å². The molecule has 1 spiro atoms. The second kappa shape index (κ2) is 16.2. The van der Waals surface area contributed by atoms with Gasteiger partial charge >= 0.3 is 18.3 Å². The van der Waals surface area contributed by atoms with Crippen molar-refractivity contribution < 1.29 is 70.0 Å². The molecule has 5 saturated heterocycles. The fourth-order valence-corrected chi connectivity index (χ4v) is 10.2. The number of piperidine rings is 1. The number of carbonyl (C=O) groups excluding carboxylic acids is 4. The molecule has 63 heavy (non-hydrogen) atoms. The molecule has 1 aromatic carbocycles. The number of nitrogens with one attached hydrogen (secondary N) is 1. The normalized spacial score (nSPS) is 26.2. The number of benzene rings is 1. The highest BCUT2D eigenvalue weighted by molar-refractivity contribution is 5.95. The third kappa shape index (κ3) is 8.42. The Labute approximate surface area is 357 Å². The fourth-order valence-electron chi connectivity index (χ4n) is 10.2. The number of ether oxygens (including phenoxy) is 2. The highest BCUT2D eigenvalue weighted by Gasteiger charge is 2.72. The highest BCUT2D eigenvalue weighted by atomic mass is 19.4. The van der Waals surface area contributed by atoms with Crippen LogP contribution in [0.5, 0.6) is 5.88 Å². The minimum Gasteiger partial charge on any atom is -0.492 e. The standard InChI is InChI=1S/C42H48F6N6O9/c1-23(62-21-38-8-4-26(5-9-38)63-22-38)32(35(58)52-12-6-24(7-13-52)25-2-3-27(36(59)60)28(14-25)41(43,44)45)51-33(56)29-17-53(34(57)30-15-50-31(55)16-49-30)18-39(29)19-54(20-39)37(61)40(10-11-40)42(46,47)48/h2-3,14-16,23-24,26,29,32H,4-13,17-22H2,1H3,(H,50,55)(H,51,56)(H,59,60)/t23-,26?,29?,32+,38?/m1/s1. The number of carboxylic acids is 1. The van der Waals surface area contributed by atoms with Crippen molar-refractivity contribution in [2.24, 2.45) is 22.2 Å². The molecule has 7 aliphatic rings. The summed E-state index contributed by atoms with van der Waals surface area (Å²) in [6.45, 7) is 1.55. The summed E-state index contributed by atoms with van der Waals surface area (Å²) in [4.78, 5) is 79.1. The molecule has 0 radical (unpaired) electrons. The molecule has 2 bridgehead atoms. The van der Waals surface area contributed by atoms with Gasteiger partial charge in [-0.05, 0) is 81.9 Å². The molecular weight excluding hydrogens is 846 g/mol. The Hall–Kier alpha value is -5.05. The summed E-state index contributed by atoms with van der Waals surface area (Å²) in [6.07, 6.45) is -5.31. The van der Waals surface area contributed by atoms with Gasteiger partial charge in [0.2, 0.25) is 23.6 Å². The van der Waals surface area contributed by atoms with Crippen molar-refractivity contribution in [3.8, 4) is 5.88 Å². The van der Waals surface area contributed by atoms with Crippen LogP contribution in [0.4, 0.5) is 26.3 Å². The Balaban J connectivity index is 1.02. The first-order valence-electron chi connectivity index (χ1n) is 21.1. The molecule has 1 unspecified atom stereocenters.